The molecule has 0 saturated carbocycles. The second-order valence-corrected chi connectivity index (χ2v) is 6.10. The summed E-state index contributed by atoms with van der Waals surface area (Å²) in [4.78, 5) is 14.6. The fourth-order valence-corrected chi connectivity index (χ4v) is 3.24. The van der Waals surface area contributed by atoms with Gasteiger partial charge in [-0.1, -0.05) is 23.4 Å². The van der Waals surface area contributed by atoms with Crippen LogP contribution in [0.1, 0.15) is 41.3 Å². The van der Waals surface area contributed by atoms with Crippen LogP contribution >= 0.6 is 0 Å². The minimum atomic E-state index is -0.164. The van der Waals surface area contributed by atoms with E-state index in [4.69, 9.17) is 5.11 Å². The van der Waals surface area contributed by atoms with Crippen molar-refractivity contribution in [1.82, 2.24) is 19.9 Å². The van der Waals surface area contributed by atoms with Crippen molar-refractivity contribution in [3.8, 4) is 0 Å². The number of amides is 1. The maximum Gasteiger partial charge on any atom is 0.244 e. The van der Waals surface area contributed by atoms with Crippen molar-refractivity contribution in [1.29, 1.82) is 0 Å². The van der Waals surface area contributed by atoms with Crippen LogP contribution in [0.15, 0.2) is 24.4 Å². The second kappa shape index (κ2) is 6.50. The molecule has 0 bridgehead atoms. The number of carbonyl (C=O) groups excluding carboxylic acids is 1. The molecule has 122 valence electrons. The molecule has 1 atom stereocenters. The molecule has 1 aromatic carbocycles. The number of aliphatic hydroxyl groups excluding tert-OH is 1. The van der Waals surface area contributed by atoms with Crippen LogP contribution in [0.4, 0.5) is 0 Å². The lowest BCUT2D eigenvalue weighted by molar-refractivity contribution is -0.133. The standard InChI is InChI=1S/C17H22N4O2/c1-12-5-3-6-15(13(12)2)16-7-4-8-21(16)17(23)10-20-9-14(11-22)18-19-20/h3,5-6,9,16,22H,4,7-8,10-11H2,1-2H3. The lowest BCUT2D eigenvalue weighted by Crippen LogP contribution is -2.34. The average molecular weight is 314 g/mol. The molecular formula is C17H22N4O2. The molecule has 1 aliphatic rings. The molecule has 1 fully saturated rings. The van der Waals surface area contributed by atoms with Crippen molar-refractivity contribution in [3.05, 3.63) is 46.8 Å². The largest absolute Gasteiger partial charge is 0.390 e. The van der Waals surface area contributed by atoms with E-state index in [9.17, 15) is 4.79 Å². The number of aryl methyl sites for hydroxylation is 1. The maximum absolute atomic E-state index is 12.7. The highest BCUT2D eigenvalue weighted by molar-refractivity contribution is 5.77. The third-order valence-electron chi connectivity index (χ3n) is 4.62. The Morgan fingerprint density at radius 2 is 2.22 bits per heavy atom. The topological polar surface area (TPSA) is 71.2 Å². The smallest absolute Gasteiger partial charge is 0.244 e. The van der Waals surface area contributed by atoms with Crippen molar-refractivity contribution < 1.29 is 9.90 Å². The van der Waals surface area contributed by atoms with Crippen molar-refractivity contribution >= 4 is 5.91 Å². The molecule has 1 unspecified atom stereocenters. The Kier molecular flexibility index (Phi) is 4.43. The summed E-state index contributed by atoms with van der Waals surface area (Å²) in [7, 11) is 0. The fraction of sp³-hybridized carbons (Fsp3) is 0.471. The van der Waals surface area contributed by atoms with E-state index in [1.807, 2.05) is 4.90 Å². The van der Waals surface area contributed by atoms with Gasteiger partial charge in [0, 0.05) is 6.54 Å². The molecule has 2 aromatic rings. The van der Waals surface area contributed by atoms with Crippen molar-refractivity contribution in [2.45, 2.75) is 45.9 Å². The Labute approximate surface area is 135 Å². The van der Waals surface area contributed by atoms with Crippen LogP contribution in [-0.4, -0.2) is 37.5 Å². The van der Waals surface area contributed by atoms with Gasteiger partial charge in [0.15, 0.2) is 0 Å². The normalized spacial score (nSPS) is 17.7. The van der Waals surface area contributed by atoms with Gasteiger partial charge in [0.1, 0.15) is 12.2 Å². The van der Waals surface area contributed by atoms with Crippen molar-refractivity contribution in [2.75, 3.05) is 6.54 Å². The van der Waals surface area contributed by atoms with Gasteiger partial charge in [-0.05, 0) is 43.4 Å². The van der Waals surface area contributed by atoms with Gasteiger partial charge in [-0.2, -0.15) is 0 Å². The third kappa shape index (κ3) is 3.12. The Bertz CT molecular complexity index is 710. The number of hydrogen-bond donors (Lipinski definition) is 1. The Balaban J connectivity index is 1.78. The molecular weight excluding hydrogens is 292 g/mol. The molecule has 0 radical (unpaired) electrons. The summed E-state index contributed by atoms with van der Waals surface area (Å²) in [5.74, 6) is 0.0443. The number of hydrogen-bond acceptors (Lipinski definition) is 4. The molecule has 0 aliphatic carbocycles. The minimum Gasteiger partial charge on any atom is -0.390 e. The maximum atomic E-state index is 12.7. The lowest BCUT2D eigenvalue weighted by Gasteiger charge is -2.26. The zero-order valence-corrected chi connectivity index (χ0v) is 13.6. The molecule has 1 aromatic heterocycles. The number of benzene rings is 1. The van der Waals surface area contributed by atoms with E-state index in [0.717, 1.165) is 19.4 Å². The van der Waals surface area contributed by atoms with E-state index in [2.05, 4.69) is 42.4 Å². The first-order chi connectivity index (χ1) is 11.1. The second-order valence-electron chi connectivity index (χ2n) is 6.10. The third-order valence-corrected chi connectivity index (χ3v) is 4.62. The lowest BCUT2D eigenvalue weighted by atomic mass is 9.96. The summed E-state index contributed by atoms with van der Waals surface area (Å²) in [5, 5.41) is 16.7. The van der Waals surface area contributed by atoms with Crippen LogP contribution < -0.4 is 0 Å². The minimum absolute atomic E-state index is 0.0443. The summed E-state index contributed by atoms with van der Waals surface area (Å²) in [6, 6.07) is 6.43. The first-order valence-electron chi connectivity index (χ1n) is 7.95. The molecule has 1 N–H and O–H groups in total. The number of likely N-dealkylation sites (tertiary alicyclic amines) is 1. The molecule has 1 amide bonds. The first-order valence-corrected chi connectivity index (χ1v) is 7.95. The van der Waals surface area contributed by atoms with Crippen molar-refractivity contribution in [2.24, 2.45) is 0 Å². The Morgan fingerprint density at radius 3 is 2.96 bits per heavy atom. The fourth-order valence-electron chi connectivity index (χ4n) is 3.24. The highest BCUT2D eigenvalue weighted by atomic mass is 16.3. The van der Waals surface area contributed by atoms with Gasteiger partial charge >= 0.3 is 0 Å². The van der Waals surface area contributed by atoms with Gasteiger partial charge in [-0.25, -0.2) is 4.68 Å². The highest BCUT2D eigenvalue weighted by Crippen LogP contribution is 2.34. The first kappa shape index (κ1) is 15.7. The molecule has 0 spiro atoms. The van der Waals surface area contributed by atoms with Gasteiger partial charge in [-0.3, -0.25) is 4.79 Å². The van der Waals surface area contributed by atoms with Crippen LogP contribution in [0.5, 0.6) is 0 Å². The predicted molar refractivity (Wildman–Crippen MR) is 85.5 cm³/mol. The van der Waals surface area contributed by atoms with E-state index in [0.29, 0.717) is 5.69 Å². The van der Waals surface area contributed by atoms with Gasteiger partial charge in [0.25, 0.3) is 0 Å². The Hall–Kier alpha value is -2.21. The number of aromatic nitrogens is 3. The van der Waals surface area contributed by atoms with E-state index in [1.54, 1.807) is 6.20 Å². The predicted octanol–water partition coefficient (Wildman–Crippen LogP) is 1.75. The SMILES string of the molecule is Cc1cccc(C2CCCN2C(=O)Cn2cc(CO)nn2)c1C. The number of rotatable bonds is 4. The molecule has 23 heavy (non-hydrogen) atoms. The highest BCUT2D eigenvalue weighted by Gasteiger charge is 2.31. The van der Waals surface area contributed by atoms with Gasteiger partial charge in [0.2, 0.25) is 5.91 Å². The summed E-state index contributed by atoms with van der Waals surface area (Å²) in [6.45, 7) is 5.00. The quantitative estimate of drug-likeness (QED) is 0.933. The van der Waals surface area contributed by atoms with E-state index in [1.165, 1.54) is 21.4 Å². The summed E-state index contributed by atoms with van der Waals surface area (Å²) in [5.41, 5.74) is 4.24. The zero-order valence-electron chi connectivity index (χ0n) is 13.6. The van der Waals surface area contributed by atoms with Gasteiger partial charge < -0.3 is 10.0 Å². The average Bonchev–Trinajstić information content (AvgIpc) is 3.18. The summed E-state index contributed by atoms with van der Waals surface area (Å²) < 4.78 is 1.49. The molecule has 1 aliphatic heterocycles. The summed E-state index contributed by atoms with van der Waals surface area (Å²) >= 11 is 0. The van der Waals surface area contributed by atoms with Crippen LogP contribution in [0.2, 0.25) is 0 Å². The van der Waals surface area contributed by atoms with Gasteiger partial charge in [0.05, 0.1) is 18.8 Å². The number of aliphatic hydroxyl groups is 1. The zero-order chi connectivity index (χ0) is 16.4. The van der Waals surface area contributed by atoms with Crippen LogP contribution in [0, 0.1) is 13.8 Å². The molecule has 1 saturated heterocycles. The number of nitrogens with zero attached hydrogens (tertiary/aromatic N) is 4. The Morgan fingerprint density at radius 1 is 1.39 bits per heavy atom. The molecule has 2 heterocycles. The number of carbonyl (C=O) groups is 1. The summed E-state index contributed by atoms with van der Waals surface area (Å²) in [6.07, 6.45) is 3.62. The molecule has 3 rings (SSSR count). The molecule has 6 heteroatoms. The van der Waals surface area contributed by atoms with Crippen LogP contribution in [-0.2, 0) is 17.9 Å². The van der Waals surface area contributed by atoms with E-state index in [-0.39, 0.29) is 25.1 Å². The van der Waals surface area contributed by atoms with E-state index < -0.39 is 0 Å². The van der Waals surface area contributed by atoms with Crippen LogP contribution in [0.25, 0.3) is 0 Å². The monoisotopic (exact) mass is 314 g/mol. The van der Waals surface area contributed by atoms with Crippen LogP contribution in [0.3, 0.4) is 0 Å². The van der Waals surface area contributed by atoms with Gasteiger partial charge in [-0.15, -0.1) is 5.10 Å². The molecule has 6 nitrogen and oxygen atoms in total. The van der Waals surface area contributed by atoms with Crippen molar-refractivity contribution in [3.63, 3.8) is 0 Å². The van der Waals surface area contributed by atoms with E-state index >= 15 is 0 Å².